The summed E-state index contributed by atoms with van der Waals surface area (Å²) in [7, 11) is 4.28. The number of carbonyl (C=O) groups excluding carboxylic acids is 1. The molecule has 1 saturated heterocycles. The minimum atomic E-state index is -4.47. The molecule has 3 fully saturated rings. The van der Waals surface area contributed by atoms with E-state index in [-0.39, 0.29) is 23.7 Å². The van der Waals surface area contributed by atoms with E-state index in [0.717, 1.165) is 51.1 Å². The lowest BCUT2D eigenvalue weighted by molar-refractivity contribution is -0.141. The molecule has 36 heavy (non-hydrogen) atoms. The van der Waals surface area contributed by atoms with E-state index in [1.807, 2.05) is 11.0 Å². The maximum Gasteiger partial charge on any atom is 0.433 e. The summed E-state index contributed by atoms with van der Waals surface area (Å²) < 4.78 is 38.8. The molecule has 0 unspecified atom stereocenters. The van der Waals surface area contributed by atoms with Crippen LogP contribution in [0.15, 0.2) is 48.7 Å². The van der Waals surface area contributed by atoms with Crippen molar-refractivity contribution in [2.24, 2.45) is 5.92 Å². The Balaban J connectivity index is 1.37. The van der Waals surface area contributed by atoms with Gasteiger partial charge in [0.2, 0.25) is 0 Å². The van der Waals surface area contributed by atoms with Crippen molar-refractivity contribution in [3.8, 4) is 0 Å². The largest absolute Gasteiger partial charge is 0.433 e. The molecule has 2 heterocycles. The molecule has 0 radical (unpaired) electrons. The van der Waals surface area contributed by atoms with Gasteiger partial charge in [0.25, 0.3) is 0 Å². The average molecular weight is 501 g/mol. The Morgan fingerprint density at radius 2 is 1.72 bits per heavy atom. The number of hydrogen-bond acceptors (Lipinski definition) is 3. The van der Waals surface area contributed by atoms with E-state index < -0.39 is 11.9 Å². The summed E-state index contributed by atoms with van der Waals surface area (Å²) in [6.07, 6.45) is 4.04. The van der Waals surface area contributed by atoms with E-state index >= 15 is 0 Å². The number of amides is 2. The van der Waals surface area contributed by atoms with Crippen LogP contribution in [0.25, 0.3) is 0 Å². The molecule has 5 nitrogen and oxygen atoms in total. The molecule has 1 aromatic heterocycles. The monoisotopic (exact) mass is 500 g/mol. The summed E-state index contributed by atoms with van der Waals surface area (Å²) in [4.78, 5) is 23.6. The number of nitrogens with zero attached hydrogens (tertiary/aromatic N) is 4. The quantitative estimate of drug-likeness (QED) is 0.495. The van der Waals surface area contributed by atoms with Crippen LogP contribution < -0.4 is 0 Å². The smallest absolute Gasteiger partial charge is 0.318 e. The minimum absolute atomic E-state index is 0.0128. The van der Waals surface area contributed by atoms with E-state index in [1.165, 1.54) is 24.2 Å². The SMILES string of the molecule is CN(C)[C@]1(c2ccccc2)CC[C@]2(CC1)CN(Cc1ccc(C(F)(F)F)nc1)C(=O)N2CC1CCC1. The fraction of sp³-hybridized carbons (Fsp3) is 0.571. The summed E-state index contributed by atoms with van der Waals surface area (Å²) in [5.74, 6) is 0.549. The van der Waals surface area contributed by atoms with Gasteiger partial charge in [0.1, 0.15) is 5.69 Å². The lowest BCUT2D eigenvalue weighted by Crippen LogP contribution is -2.56. The van der Waals surface area contributed by atoms with Crippen LogP contribution in [0.5, 0.6) is 0 Å². The highest BCUT2D eigenvalue weighted by Gasteiger charge is 2.54. The van der Waals surface area contributed by atoms with Gasteiger partial charge >= 0.3 is 12.2 Å². The highest BCUT2D eigenvalue weighted by atomic mass is 19.4. The molecule has 0 N–H and O–H groups in total. The Hall–Kier alpha value is -2.61. The van der Waals surface area contributed by atoms with Gasteiger partial charge in [0.05, 0.1) is 5.54 Å². The molecule has 0 bridgehead atoms. The van der Waals surface area contributed by atoms with Gasteiger partial charge in [0, 0.05) is 31.4 Å². The van der Waals surface area contributed by atoms with E-state index in [9.17, 15) is 18.0 Å². The van der Waals surface area contributed by atoms with Crippen molar-refractivity contribution in [1.29, 1.82) is 0 Å². The minimum Gasteiger partial charge on any atom is -0.318 e. The molecular formula is C28H35F3N4O. The number of pyridine rings is 1. The lowest BCUT2D eigenvalue weighted by Gasteiger charge is -2.51. The number of carbonyl (C=O) groups is 1. The predicted octanol–water partition coefficient (Wildman–Crippen LogP) is 5.91. The second kappa shape index (κ2) is 9.36. The van der Waals surface area contributed by atoms with Crippen LogP contribution in [-0.4, -0.2) is 58.4 Å². The van der Waals surface area contributed by atoms with E-state index in [4.69, 9.17) is 0 Å². The summed E-state index contributed by atoms with van der Waals surface area (Å²) in [5.41, 5.74) is 0.727. The highest BCUT2D eigenvalue weighted by molar-refractivity contribution is 5.78. The topological polar surface area (TPSA) is 39.7 Å². The first-order valence-electron chi connectivity index (χ1n) is 12.9. The van der Waals surface area contributed by atoms with Crippen molar-refractivity contribution < 1.29 is 18.0 Å². The van der Waals surface area contributed by atoms with Crippen molar-refractivity contribution in [2.75, 3.05) is 27.2 Å². The predicted molar refractivity (Wildman–Crippen MR) is 132 cm³/mol. The van der Waals surface area contributed by atoms with Crippen LogP contribution in [0.2, 0.25) is 0 Å². The Morgan fingerprint density at radius 3 is 2.25 bits per heavy atom. The molecule has 1 spiro atoms. The van der Waals surface area contributed by atoms with Gasteiger partial charge in [-0.1, -0.05) is 42.8 Å². The molecule has 8 heteroatoms. The molecule has 194 valence electrons. The van der Waals surface area contributed by atoms with Crippen molar-refractivity contribution >= 4 is 6.03 Å². The van der Waals surface area contributed by atoms with Gasteiger partial charge in [-0.05, 0) is 75.7 Å². The third kappa shape index (κ3) is 4.49. The second-order valence-corrected chi connectivity index (χ2v) is 11.1. The summed E-state index contributed by atoms with van der Waals surface area (Å²) >= 11 is 0. The number of aromatic nitrogens is 1. The van der Waals surface area contributed by atoms with Crippen molar-refractivity contribution in [2.45, 2.75) is 68.7 Å². The van der Waals surface area contributed by atoms with Gasteiger partial charge in [-0.3, -0.25) is 9.88 Å². The normalized spacial score (nSPS) is 27.2. The first-order valence-corrected chi connectivity index (χ1v) is 12.9. The molecule has 2 amide bonds. The Bertz CT molecular complexity index is 1060. The molecule has 5 rings (SSSR count). The highest BCUT2D eigenvalue weighted by Crippen LogP contribution is 2.49. The first-order chi connectivity index (χ1) is 17.1. The molecular weight excluding hydrogens is 465 g/mol. The standard InChI is InChI=1S/C28H35F3N4O/c1-33(2)27(23-9-4-3-5-10-23)15-13-26(14-16-27)20-34(25(36)35(26)19-21-7-6-8-21)18-22-11-12-24(32-17-22)28(29,30)31/h3-5,9-12,17,21H,6-8,13-16,18-20H2,1-2H3/t26-,27+. The zero-order valence-corrected chi connectivity index (χ0v) is 21.1. The van der Waals surface area contributed by atoms with Crippen molar-refractivity contribution in [3.05, 3.63) is 65.5 Å². The molecule has 2 aromatic rings. The number of rotatable bonds is 6. The average Bonchev–Trinajstić information content (AvgIpc) is 3.07. The lowest BCUT2D eigenvalue weighted by atomic mass is 9.68. The zero-order valence-electron chi connectivity index (χ0n) is 21.1. The maximum atomic E-state index is 13.7. The van der Waals surface area contributed by atoms with Gasteiger partial charge in [-0.2, -0.15) is 13.2 Å². The summed E-state index contributed by atoms with van der Waals surface area (Å²) in [5, 5.41) is 0. The number of alkyl halides is 3. The van der Waals surface area contributed by atoms with Gasteiger partial charge in [0.15, 0.2) is 0 Å². The Morgan fingerprint density at radius 1 is 1.03 bits per heavy atom. The number of benzene rings is 1. The third-order valence-corrected chi connectivity index (χ3v) is 8.89. The van der Waals surface area contributed by atoms with Crippen LogP contribution in [0, 0.1) is 5.92 Å². The molecule has 0 atom stereocenters. The Kier molecular flexibility index (Phi) is 6.52. The molecule has 2 saturated carbocycles. The van der Waals surface area contributed by atoms with Crippen LogP contribution in [0.4, 0.5) is 18.0 Å². The molecule has 3 aliphatic rings. The van der Waals surface area contributed by atoms with Crippen LogP contribution in [-0.2, 0) is 18.3 Å². The van der Waals surface area contributed by atoms with Gasteiger partial charge < -0.3 is 9.80 Å². The fourth-order valence-corrected chi connectivity index (χ4v) is 6.42. The molecule has 1 aliphatic heterocycles. The van der Waals surface area contributed by atoms with Crippen LogP contribution in [0.1, 0.15) is 61.8 Å². The Labute approximate surface area is 211 Å². The summed E-state index contributed by atoms with van der Waals surface area (Å²) in [6, 6.07) is 13.1. The number of halogens is 3. The molecule has 1 aromatic carbocycles. The second-order valence-electron chi connectivity index (χ2n) is 11.1. The van der Waals surface area contributed by atoms with Crippen LogP contribution in [0.3, 0.4) is 0 Å². The van der Waals surface area contributed by atoms with Gasteiger partial charge in [-0.15, -0.1) is 0 Å². The fourth-order valence-electron chi connectivity index (χ4n) is 6.42. The maximum absolute atomic E-state index is 13.7. The van der Waals surface area contributed by atoms with Gasteiger partial charge in [-0.25, -0.2) is 4.79 Å². The van der Waals surface area contributed by atoms with E-state index in [0.29, 0.717) is 18.0 Å². The summed E-state index contributed by atoms with van der Waals surface area (Å²) in [6.45, 7) is 1.67. The first kappa shape index (κ1) is 25.1. The van der Waals surface area contributed by atoms with E-state index in [1.54, 1.807) is 0 Å². The zero-order chi connectivity index (χ0) is 25.6. The molecule has 2 aliphatic carbocycles. The third-order valence-electron chi connectivity index (χ3n) is 8.89. The van der Waals surface area contributed by atoms with Crippen molar-refractivity contribution in [1.82, 2.24) is 19.7 Å². The van der Waals surface area contributed by atoms with Crippen molar-refractivity contribution in [3.63, 3.8) is 0 Å². The number of hydrogen-bond donors (Lipinski definition) is 0. The van der Waals surface area contributed by atoms with E-state index in [2.05, 4.69) is 53.1 Å². The number of urea groups is 1. The van der Waals surface area contributed by atoms with Crippen LogP contribution >= 0.6 is 0 Å².